The number of benzene rings is 2. The van der Waals surface area contributed by atoms with Crippen LogP contribution in [0.4, 0.5) is 0 Å². The van der Waals surface area contributed by atoms with Gasteiger partial charge in [-0.05, 0) is 60.4 Å². The molecule has 4 aromatic rings. The second-order valence-corrected chi connectivity index (χ2v) is 7.47. The number of hydrogen-bond donors (Lipinski definition) is 2. The molecule has 2 heterocycles. The molecular formula is C24H23NO4. The first-order valence-electron chi connectivity index (χ1n) is 9.53. The van der Waals surface area contributed by atoms with Gasteiger partial charge in [-0.3, -0.25) is 0 Å². The van der Waals surface area contributed by atoms with E-state index in [4.69, 9.17) is 9.15 Å². The summed E-state index contributed by atoms with van der Waals surface area (Å²) in [6, 6.07) is 15.2. The Kier molecular flexibility index (Phi) is 4.66. The lowest BCUT2D eigenvalue weighted by Crippen LogP contribution is -2.04. The molecular weight excluding hydrogens is 366 g/mol. The van der Waals surface area contributed by atoms with Gasteiger partial charge >= 0.3 is 5.63 Å². The van der Waals surface area contributed by atoms with Crippen LogP contribution in [0.5, 0.6) is 11.5 Å². The van der Waals surface area contributed by atoms with Crippen LogP contribution in [0, 0.1) is 6.92 Å². The summed E-state index contributed by atoms with van der Waals surface area (Å²) in [5.41, 5.74) is 3.89. The predicted molar refractivity (Wildman–Crippen MR) is 115 cm³/mol. The lowest BCUT2D eigenvalue weighted by Gasteiger charge is -2.09. The van der Waals surface area contributed by atoms with Crippen molar-refractivity contribution in [1.29, 1.82) is 0 Å². The van der Waals surface area contributed by atoms with Gasteiger partial charge in [0, 0.05) is 22.5 Å². The molecule has 0 bridgehead atoms. The zero-order chi connectivity index (χ0) is 20.7. The molecule has 0 aliphatic heterocycles. The van der Waals surface area contributed by atoms with Gasteiger partial charge in [-0.1, -0.05) is 19.9 Å². The molecule has 0 atom stereocenters. The number of hydrogen-bond acceptors (Lipinski definition) is 4. The largest absolute Gasteiger partial charge is 0.507 e. The summed E-state index contributed by atoms with van der Waals surface area (Å²) in [4.78, 5) is 16.2. The van der Waals surface area contributed by atoms with E-state index in [1.54, 1.807) is 14.0 Å². The molecule has 0 amide bonds. The molecule has 5 nitrogen and oxygen atoms in total. The van der Waals surface area contributed by atoms with Crippen molar-refractivity contribution < 1.29 is 14.3 Å². The predicted octanol–water partition coefficient (Wildman–Crippen LogP) is 5.60. The molecule has 2 aromatic heterocycles. The average Bonchev–Trinajstić information content (AvgIpc) is 3.06. The Labute approximate surface area is 168 Å². The van der Waals surface area contributed by atoms with Crippen LogP contribution in [-0.2, 0) is 0 Å². The van der Waals surface area contributed by atoms with E-state index in [2.05, 4.69) is 31.0 Å². The number of methoxy groups -OCH3 is 1. The Hall–Kier alpha value is -3.47. The minimum absolute atomic E-state index is 0.0932. The van der Waals surface area contributed by atoms with Crippen molar-refractivity contribution in [3.63, 3.8) is 0 Å². The minimum atomic E-state index is -0.562. The van der Waals surface area contributed by atoms with Gasteiger partial charge in [0.2, 0.25) is 0 Å². The SMILES string of the molecule is COc1ccc(-c2[nH]c3ccc(C(C)C)cc3c2-c2c(O)cc(C)oc2=O)cc1. The van der Waals surface area contributed by atoms with Crippen molar-refractivity contribution in [2.45, 2.75) is 26.7 Å². The molecule has 0 saturated carbocycles. The maximum atomic E-state index is 12.7. The quantitative estimate of drug-likeness (QED) is 0.476. The van der Waals surface area contributed by atoms with E-state index >= 15 is 0 Å². The molecule has 0 unspecified atom stereocenters. The first-order chi connectivity index (χ1) is 13.9. The third-order valence-corrected chi connectivity index (χ3v) is 5.17. The molecule has 0 fully saturated rings. The summed E-state index contributed by atoms with van der Waals surface area (Å²) in [6.45, 7) is 5.88. The van der Waals surface area contributed by atoms with Gasteiger partial charge in [0.15, 0.2) is 0 Å². The third-order valence-electron chi connectivity index (χ3n) is 5.17. The van der Waals surface area contributed by atoms with E-state index in [1.807, 2.05) is 30.3 Å². The summed E-state index contributed by atoms with van der Waals surface area (Å²) in [5.74, 6) is 1.34. The number of aromatic hydroxyl groups is 1. The van der Waals surface area contributed by atoms with Crippen LogP contribution in [0.25, 0.3) is 33.3 Å². The summed E-state index contributed by atoms with van der Waals surface area (Å²) in [7, 11) is 1.62. The minimum Gasteiger partial charge on any atom is -0.507 e. The number of fused-ring (bicyclic) bond motifs is 1. The van der Waals surface area contributed by atoms with Crippen LogP contribution < -0.4 is 10.4 Å². The van der Waals surface area contributed by atoms with E-state index in [0.29, 0.717) is 17.2 Å². The fourth-order valence-corrected chi connectivity index (χ4v) is 3.63. The van der Waals surface area contributed by atoms with Crippen LogP contribution in [0.2, 0.25) is 0 Å². The fourth-order valence-electron chi connectivity index (χ4n) is 3.63. The van der Waals surface area contributed by atoms with E-state index in [-0.39, 0.29) is 11.3 Å². The first kappa shape index (κ1) is 18.9. The fraction of sp³-hybridized carbons (Fsp3) is 0.208. The normalized spacial score (nSPS) is 11.3. The van der Waals surface area contributed by atoms with E-state index in [9.17, 15) is 9.90 Å². The molecule has 0 aliphatic carbocycles. The monoisotopic (exact) mass is 389 g/mol. The Morgan fingerprint density at radius 3 is 2.38 bits per heavy atom. The highest BCUT2D eigenvalue weighted by Gasteiger charge is 2.22. The van der Waals surface area contributed by atoms with Gasteiger partial charge in [0.05, 0.1) is 12.8 Å². The van der Waals surface area contributed by atoms with Crippen LogP contribution >= 0.6 is 0 Å². The number of aromatic nitrogens is 1. The molecule has 5 heteroatoms. The number of aryl methyl sites for hydroxylation is 1. The summed E-state index contributed by atoms with van der Waals surface area (Å²) in [6.07, 6.45) is 0. The second kappa shape index (κ2) is 7.17. The van der Waals surface area contributed by atoms with Gasteiger partial charge in [0.25, 0.3) is 0 Å². The lowest BCUT2D eigenvalue weighted by molar-refractivity contribution is 0.415. The van der Waals surface area contributed by atoms with Crippen LogP contribution in [0.3, 0.4) is 0 Å². The van der Waals surface area contributed by atoms with Crippen molar-refractivity contribution >= 4 is 10.9 Å². The van der Waals surface area contributed by atoms with Gasteiger partial charge in [0.1, 0.15) is 22.8 Å². The van der Waals surface area contributed by atoms with Gasteiger partial charge in [-0.15, -0.1) is 0 Å². The van der Waals surface area contributed by atoms with Crippen LogP contribution in [0.15, 0.2) is 57.7 Å². The van der Waals surface area contributed by atoms with Crippen molar-refractivity contribution in [1.82, 2.24) is 4.98 Å². The Morgan fingerprint density at radius 1 is 1.03 bits per heavy atom. The number of ether oxygens (including phenoxy) is 1. The number of aromatic amines is 1. The third kappa shape index (κ3) is 3.29. The Morgan fingerprint density at radius 2 is 1.76 bits per heavy atom. The zero-order valence-electron chi connectivity index (χ0n) is 16.9. The first-order valence-corrected chi connectivity index (χ1v) is 9.53. The molecule has 29 heavy (non-hydrogen) atoms. The van der Waals surface area contributed by atoms with Crippen molar-refractivity contribution in [2.75, 3.05) is 7.11 Å². The highest BCUT2D eigenvalue weighted by Crippen LogP contribution is 2.41. The summed E-state index contributed by atoms with van der Waals surface area (Å²) >= 11 is 0. The topological polar surface area (TPSA) is 75.5 Å². The van der Waals surface area contributed by atoms with Gasteiger partial charge in [-0.25, -0.2) is 4.79 Å². The van der Waals surface area contributed by atoms with E-state index in [0.717, 1.165) is 33.5 Å². The number of rotatable bonds is 4. The van der Waals surface area contributed by atoms with Gasteiger partial charge < -0.3 is 19.2 Å². The number of nitrogens with one attached hydrogen (secondary N) is 1. The standard InChI is InChI=1S/C24H23NO4/c1-13(2)16-7-10-19-18(12-16)21(22-20(26)11-14(3)29-24(22)27)23(25-19)15-5-8-17(28-4)9-6-15/h5-13,25-26H,1-4H3. The molecule has 0 spiro atoms. The Bertz CT molecular complexity index is 1250. The average molecular weight is 389 g/mol. The molecule has 2 aromatic carbocycles. The lowest BCUT2D eigenvalue weighted by atomic mass is 9.95. The maximum Gasteiger partial charge on any atom is 0.347 e. The molecule has 0 saturated heterocycles. The zero-order valence-corrected chi connectivity index (χ0v) is 16.9. The van der Waals surface area contributed by atoms with Crippen LogP contribution in [0.1, 0.15) is 31.1 Å². The van der Waals surface area contributed by atoms with Crippen LogP contribution in [-0.4, -0.2) is 17.2 Å². The highest BCUT2D eigenvalue weighted by atomic mass is 16.5. The molecule has 4 rings (SSSR count). The second-order valence-electron chi connectivity index (χ2n) is 7.47. The molecule has 2 N–H and O–H groups in total. The molecule has 148 valence electrons. The van der Waals surface area contributed by atoms with E-state index in [1.165, 1.54) is 6.07 Å². The summed E-state index contributed by atoms with van der Waals surface area (Å²) < 4.78 is 10.6. The molecule has 0 radical (unpaired) electrons. The van der Waals surface area contributed by atoms with E-state index < -0.39 is 5.63 Å². The highest BCUT2D eigenvalue weighted by molar-refractivity contribution is 6.05. The van der Waals surface area contributed by atoms with Crippen molar-refractivity contribution in [2.24, 2.45) is 0 Å². The molecule has 0 aliphatic rings. The maximum absolute atomic E-state index is 12.7. The van der Waals surface area contributed by atoms with Crippen molar-refractivity contribution in [3.05, 3.63) is 70.3 Å². The Balaban J connectivity index is 2.08. The van der Waals surface area contributed by atoms with Gasteiger partial charge in [-0.2, -0.15) is 0 Å². The van der Waals surface area contributed by atoms with Crippen molar-refractivity contribution in [3.8, 4) is 33.9 Å². The smallest absolute Gasteiger partial charge is 0.347 e. The summed E-state index contributed by atoms with van der Waals surface area (Å²) in [5, 5.41) is 11.5. The number of H-pyrrole nitrogens is 1.